The average molecular weight is 209 g/mol. The van der Waals surface area contributed by atoms with Crippen LogP contribution in [0.3, 0.4) is 0 Å². The van der Waals surface area contributed by atoms with Gasteiger partial charge in [0.25, 0.3) is 0 Å². The fourth-order valence-corrected chi connectivity index (χ4v) is 2.00. The molecule has 1 aromatic heterocycles. The minimum absolute atomic E-state index is 0.398. The highest BCUT2D eigenvalue weighted by atomic mass is 16.5. The number of ether oxygens (including phenoxy) is 1. The molecule has 2 unspecified atom stereocenters. The van der Waals surface area contributed by atoms with Crippen molar-refractivity contribution in [2.45, 2.75) is 32.9 Å². The number of aryl methyl sites for hydroxylation is 1. The summed E-state index contributed by atoms with van der Waals surface area (Å²) in [5, 5.41) is 3.43. The molecule has 3 nitrogen and oxygen atoms in total. The molecule has 2 heterocycles. The highest BCUT2D eigenvalue weighted by Crippen LogP contribution is 2.19. The van der Waals surface area contributed by atoms with E-state index < -0.39 is 0 Å². The predicted molar refractivity (Wildman–Crippen MR) is 58.7 cm³/mol. The lowest BCUT2D eigenvalue weighted by Crippen LogP contribution is -2.26. The second-order valence-electron chi connectivity index (χ2n) is 4.28. The van der Waals surface area contributed by atoms with Crippen LogP contribution < -0.4 is 5.32 Å². The van der Waals surface area contributed by atoms with E-state index in [9.17, 15) is 0 Å². The van der Waals surface area contributed by atoms with Crippen molar-refractivity contribution in [3.63, 3.8) is 0 Å². The van der Waals surface area contributed by atoms with Gasteiger partial charge in [0.15, 0.2) is 0 Å². The number of hydrogen-bond donors (Lipinski definition) is 1. The third kappa shape index (κ3) is 2.61. The predicted octanol–water partition coefficient (Wildman–Crippen LogP) is 2.10. The lowest BCUT2D eigenvalue weighted by molar-refractivity contribution is 0.105. The zero-order chi connectivity index (χ0) is 10.7. The highest BCUT2D eigenvalue weighted by molar-refractivity contribution is 5.14. The van der Waals surface area contributed by atoms with Gasteiger partial charge in [-0.15, -0.1) is 0 Å². The van der Waals surface area contributed by atoms with Gasteiger partial charge in [-0.25, -0.2) is 0 Å². The van der Waals surface area contributed by atoms with Gasteiger partial charge in [0, 0.05) is 13.2 Å². The Balaban J connectivity index is 1.73. The minimum Gasteiger partial charge on any atom is -0.468 e. The highest BCUT2D eigenvalue weighted by Gasteiger charge is 2.23. The number of nitrogens with one attached hydrogen (secondary N) is 1. The van der Waals surface area contributed by atoms with Gasteiger partial charge in [0.05, 0.1) is 18.9 Å². The van der Waals surface area contributed by atoms with Crippen LogP contribution in [0.4, 0.5) is 0 Å². The molecule has 1 fully saturated rings. The van der Waals surface area contributed by atoms with Gasteiger partial charge in [0.1, 0.15) is 5.76 Å². The van der Waals surface area contributed by atoms with Crippen LogP contribution in [0.2, 0.25) is 0 Å². The van der Waals surface area contributed by atoms with Crippen LogP contribution in [-0.4, -0.2) is 19.3 Å². The van der Waals surface area contributed by atoms with Crippen LogP contribution in [0.1, 0.15) is 24.7 Å². The standard InChI is InChI=1S/C12H19NO2/c1-9-3-5-15-12(9)8-13-7-11-4-6-14-10(11)2/h3,5,10-11,13H,4,6-8H2,1-2H3. The van der Waals surface area contributed by atoms with E-state index in [0.29, 0.717) is 12.0 Å². The first-order valence-corrected chi connectivity index (χ1v) is 5.62. The van der Waals surface area contributed by atoms with Gasteiger partial charge >= 0.3 is 0 Å². The summed E-state index contributed by atoms with van der Waals surface area (Å²) in [7, 11) is 0. The molecular weight excluding hydrogens is 190 g/mol. The molecule has 1 N–H and O–H groups in total. The summed E-state index contributed by atoms with van der Waals surface area (Å²) >= 11 is 0. The molecule has 0 aliphatic carbocycles. The minimum atomic E-state index is 0.398. The van der Waals surface area contributed by atoms with E-state index in [1.54, 1.807) is 6.26 Å². The molecule has 15 heavy (non-hydrogen) atoms. The van der Waals surface area contributed by atoms with Crippen LogP contribution >= 0.6 is 0 Å². The Morgan fingerprint density at radius 2 is 2.40 bits per heavy atom. The molecule has 0 radical (unpaired) electrons. The maximum atomic E-state index is 5.51. The largest absolute Gasteiger partial charge is 0.468 e. The van der Waals surface area contributed by atoms with Crippen LogP contribution in [0.25, 0.3) is 0 Å². The zero-order valence-corrected chi connectivity index (χ0v) is 9.45. The molecule has 0 bridgehead atoms. The molecule has 0 amide bonds. The Labute approximate surface area is 90.8 Å². The molecule has 0 saturated carbocycles. The van der Waals surface area contributed by atoms with Crippen molar-refractivity contribution in [2.24, 2.45) is 5.92 Å². The van der Waals surface area contributed by atoms with Gasteiger partial charge < -0.3 is 14.5 Å². The second-order valence-corrected chi connectivity index (χ2v) is 4.28. The second kappa shape index (κ2) is 4.81. The van der Waals surface area contributed by atoms with E-state index in [1.165, 1.54) is 12.0 Å². The fraction of sp³-hybridized carbons (Fsp3) is 0.667. The van der Waals surface area contributed by atoms with E-state index in [2.05, 4.69) is 19.2 Å². The molecule has 3 heteroatoms. The van der Waals surface area contributed by atoms with Crippen LogP contribution in [0.15, 0.2) is 16.7 Å². The summed E-state index contributed by atoms with van der Waals surface area (Å²) in [6.07, 6.45) is 3.31. The SMILES string of the molecule is Cc1ccoc1CNCC1CCOC1C. The topological polar surface area (TPSA) is 34.4 Å². The summed E-state index contributed by atoms with van der Waals surface area (Å²) in [6.45, 7) is 6.97. The van der Waals surface area contributed by atoms with E-state index in [-0.39, 0.29) is 0 Å². The Kier molecular flexibility index (Phi) is 3.44. The molecule has 1 aliphatic heterocycles. The third-order valence-corrected chi connectivity index (χ3v) is 3.19. The van der Waals surface area contributed by atoms with Crippen LogP contribution in [0.5, 0.6) is 0 Å². The molecule has 2 atom stereocenters. The number of rotatable bonds is 4. The van der Waals surface area contributed by atoms with Crippen molar-refractivity contribution in [3.8, 4) is 0 Å². The maximum absolute atomic E-state index is 5.51. The average Bonchev–Trinajstić information content (AvgIpc) is 2.78. The van der Waals surface area contributed by atoms with Crippen molar-refractivity contribution >= 4 is 0 Å². The first-order chi connectivity index (χ1) is 7.27. The lowest BCUT2D eigenvalue weighted by atomic mass is 10.0. The normalized spacial score (nSPS) is 26.0. The smallest absolute Gasteiger partial charge is 0.120 e. The van der Waals surface area contributed by atoms with Crippen molar-refractivity contribution in [1.82, 2.24) is 5.32 Å². The van der Waals surface area contributed by atoms with Gasteiger partial charge in [-0.3, -0.25) is 0 Å². The molecule has 1 aliphatic rings. The van der Waals surface area contributed by atoms with Crippen LogP contribution in [-0.2, 0) is 11.3 Å². The van der Waals surface area contributed by atoms with Gasteiger partial charge in [-0.2, -0.15) is 0 Å². The molecule has 1 aromatic rings. The van der Waals surface area contributed by atoms with Gasteiger partial charge in [-0.1, -0.05) is 0 Å². The summed E-state index contributed by atoms with van der Waals surface area (Å²) in [5.41, 5.74) is 1.22. The van der Waals surface area contributed by atoms with E-state index in [4.69, 9.17) is 9.15 Å². The monoisotopic (exact) mass is 209 g/mol. The first-order valence-electron chi connectivity index (χ1n) is 5.62. The van der Waals surface area contributed by atoms with E-state index in [0.717, 1.165) is 25.5 Å². The molecular formula is C12H19NO2. The number of hydrogen-bond acceptors (Lipinski definition) is 3. The summed E-state index contributed by atoms with van der Waals surface area (Å²) in [6, 6.07) is 2.00. The lowest BCUT2D eigenvalue weighted by Gasteiger charge is -2.14. The molecule has 2 rings (SSSR count). The van der Waals surface area contributed by atoms with Crippen molar-refractivity contribution < 1.29 is 9.15 Å². The Bertz CT molecular complexity index is 308. The van der Waals surface area contributed by atoms with Crippen molar-refractivity contribution in [3.05, 3.63) is 23.7 Å². The summed E-state index contributed by atoms with van der Waals surface area (Å²) in [4.78, 5) is 0. The van der Waals surface area contributed by atoms with E-state index >= 15 is 0 Å². The Morgan fingerprint density at radius 1 is 1.53 bits per heavy atom. The number of furan rings is 1. The third-order valence-electron chi connectivity index (χ3n) is 3.19. The maximum Gasteiger partial charge on any atom is 0.120 e. The van der Waals surface area contributed by atoms with Crippen molar-refractivity contribution in [1.29, 1.82) is 0 Å². The summed E-state index contributed by atoms with van der Waals surface area (Å²) < 4.78 is 10.9. The van der Waals surface area contributed by atoms with Crippen molar-refractivity contribution in [2.75, 3.05) is 13.2 Å². The molecule has 0 spiro atoms. The summed E-state index contributed by atoms with van der Waals surface area (Å²) in [5.74, 6) is 1.70. The van der Waals surface area contributed by atoms with Gasteiger partial charge in [-0.05, 0) is 37.8 Å². The Morgan fingerprint density at radius 3 is 3.00 bits per heavy atom. The fourth-order valence-electron chi connectivity index (χ4n) is 2.00. The zero-order valence-electron chi connectivity index (χ0n) is 9.45. The molecule has 0 aromatic carbocycles. The Hall–Kier alpha value is -0.800. The molecule has 84 valence electrons. The van der Waals surface area contributed by atoms with Gasteiger partial charge in [0.2, 0.25) is 0 Å². The van der Waals surface area contributed by atoms with E-state index in [1.807, 2.05) is 6.07 Å². The van der Waals surface area contributed by atoms with Crippen LogP contribution in [0, 0.1) is 12.8 Å². The quantitative estimate of drug-likeness (QED) is 0.824. The first kappa shape index (κ1) is 10.7. The molecule has 1 saturated heterocycles.